The Hall–Kier alpha value is 0.290. The van der Waals surface area contributed by atoms with Crippen LogP contribution in [0, 0.1) is 0 Å². The van der Waals surface area contributed by atoms with E-state index >= 15 is 0 Å². The quantitative estimate of drug-likeness (QED) is 0.343. The zero-order valence-electron chi connectivity index (χ0n) is 6.06. The van der Waals surface area contributed by atoms with Gasteiger partial charge < -0.3 is 5.73 Å². The lowest BCUT2D eigenvalue weighted by molar-refractivity contribution is 1.24. The summed E-state index contributed by atoms with van der Waals surface area (Å²) in [5.74, 6) is 0. The van der Waals surface area contributed by atoms with Crippen LogP contribution in [0.15, 0.2) is 13.7 Å². The number of hydrogen-bond donors (Lipinski definition) is 2. The summed E-state index contributed by atoms with van der Waals surface area (Å²) in [5.41, 5.74) is 6.44. The third kappa shape index (κ3) is 4.16. The van der Waals surface area contributed by atoms with E-state index in [4.69, 9.17) is 5.73 Å². The maximum Gasteiger partial charge on any atom is 0.130 e. The molecule has 4 heteroatoms. The number of aliphatic imine (C=N–C) groups is 1. The van der Waals surface area contributed by atoms with Crippen LogP contribution in [0.4, 0.5) is 0 Å². The van der Waals surface area contributed by atoms with Gasteiger partial charge in [0, 0.05) is 5.71 Å². The smallest absolute Gasteiger partial charge is 0.130 e. The first-order valence-corrected chi connectivity index (χ1v) is 4.49. The van der Waals surface area contributed by atoms with E-state index in [9.17, 15) is 0 Å². The second-order valence-electron chi connectivity index (χ2n) is 1.88. The van der Waals surface area contributed by atoms with Crippen molar-refractivity contribution in [2.24, 2.45) is 10.7 Å². The minimum Gasteiger partial charge on any atom is -0.392 e. The van der Waals surface area contributed by atoms with Crippen molar-refractivity contribution in [2.75, 3.05) is 0 Å². The summed E-state index contributed by atoms with van der Waals surface area (Å²) in [4.78, 5) is 4.18. The van der Waals surface area contributed by atoms with E-state index in [1.165, 1.54) is 0 Å². The Labute approximate surface area is 80.5 Å². The SMILES string of the molecule is CC/C(C)=N/C(I)=C(\N)S. The standard InChI is InChI=1S/C6H11IN2S/c1-3-4(2)9-5(7)6(8)10/h10H,3,8H2,1-2H3/b6-5+,9-4+. The molecule has 0 aliphatic carbocycles. The van der Waals surface area contributed by atoms with Crippen molar-refractivity contribution in [2.45, 2.75) is 20.3 Å². The molecule has 0 fully saturated rings. The van der Waals surface area contributed by atoms with Crippen molar-refractivity contribution in [3.63, 3.8) is 0 Å². The summed E-state index contributed by atoms with van der Waals surface area (Å²) in [7, 11) is 0. The molecule has 0 unspecified atom stereocenters. The molecule has 0 bridgehead atoms. The Morgan fingerprint density at radius 2 is 2.20 bits per heavy atom. The molecule has 0 aliphatic heterocycles. The number of nitrogens with zero attached hydrogens (tertiary/aromatic N) is 1. The number of nitrogens with two attached hydrogens (primary N) is 1. The Morgan fingerprint density at radius 3 is 2.50 bits per heavy atom. The van der Waals surface area contributed by atoms with Crippen molar-refractivity contribution in [1.29, 1.82) is 0 Å². The van der Waals surface area contributed by atoms with E-state index in [2.05, 4.69) is 47.1 Å². The molecule has 0 heterocycles. The molecule has 10 heavy (non-hydrogen) atoms. The van der Waals surface area contributed by atoms with E-state index in [1.54, 1.807) is 0 Å². The van der Waals surface area contributed by atoms with Crippen molar-refractivity contribution in [3.05, 3.63) is 8.73 Å². The molecule has 0 aromatic rings. The van der Waals surface area contributed by atoms with E-state index in [0.717, 1.165) is 15.8 Å². The molecule has 0 saturated carbocycles. The highest BCUT2D eigenvalue weighted by Gasteiger charge is 1.92. The van der Waals surface area contributed by atoms with E-state index in [0.29, 0.717) is 5.03 Å². The first kappa shape index (κ1) is 10.3. The first-order chi connectivity index (χ1) is 4.57. The fourth-order valence-corrected chi connectivity index (χ4v) is 0.766. The minimum absolute atomic E-state index is 0.480. The predicted octanol–water partition coefficient (Wildman–Crippen LogP) is 2.31. The van der Waals surface area contributed by atoms with Crippen LogP contribution in [0.3, 0.4) is 0 Å². The fourth-order valence-electron chi connectivity index (χ4n) is 0.304. The zero-order valence-corrected chi connectivity index (χ0v) is 9.11. The molecular formula is C6H11IN2S. The maximum absolute atomic E-state index is 5.37. The van der Waals surface area contributed by atoms with Gasteiger partial charge in [-0.1, -0.05) is 6.92 Å². The van der Waals surface area contributed by atoms with Crippen LogP contribution < -0.4 is 5.73 Å². The topological polar surface area (TPSA) is 38.4 Å². The van der Waals surface area contributed by atoms with Gasteiger partial charge in [-0.25, -0.2) is 4.99 Å². The molecule has 0 aromatic heterocycles. The highest BCUT2D eigenvalue weighted by Crippen LogP contribution is 2.13. The van der Waals surface area contributed by atoms with Gasteiger partial charge >= 0.3 is 0 Å². The summed E-state index contributed by atoms with van der Waals surface area (Å²) in [6.45, 7) is 4.02. The summed E-state index contributed by atoms with van der Waals surface area (Å²) in [6.07, 6.45) is 0.952. The third-order valence-electron chi connectivity index (χ3n) is 1.01. The normalized spacial score (nSPS) is 15.0. The molecular weight excluding hydrogens is 259 g/mol. The fraction of sp³-hybridized carbons (Fsp3) is 0.500. The number of hydrogen-bond acceptors (Lipinski definition) is 3. The Morgan fingerprint density at radius 1 is 1.70 bits per heavy atom. The molecule has 0 spiro atoms. The molecule has 0 amide bonds. The number of thiol groups is 1. The molecule has 0 saturated heterocycles. The molecule has 0 atom stereocenters. The molecule has 2 nitrogen and oxygen atoms in total. The van der Waals surface area contributed by atoms with Gasteiger partial charge in [-0.05, 0) is 35.9 Å². The molecule has 0 aromatic carbocycles. The summed E-state index contributed by atoms with van der Waals surface area (Å²) in [6, 6.07) is 0. The van der Waals surface area contributed by atoms with Gasteiger partial charge in [0.05, 0.1) is 5.03 Å². The van der Waals surface area contributed by atoms with Crippen LogP contribution in [0.5, 0.6) is 0 Å². The first-order valence-electron chi connectivity index (χ1n) is 2.96. The van der Waals surface area contributed by atoms with Crippen LogP contribution in [0.1, 0.15) is 20.3 Å². The summed E-state index contributed by atoms with van der Waals surface area (Å²) in [5, 5.41) is 0.480. The largest absolute Gasteiger partial charge is 0.392 e. The molecule has 2 N–H and O–H groups in total. The number of rotatable bonds is 2. The van der Waals surface area contributed by atoms with Crippen LogP contribution >= 0.6 is 35.2 Å². The Bertz CT molecular complexity index is 171. The summed E-state index contributed by atoms with van der Waals surface area (Å²) < 4.78 is 0.764. The average Bonchev–Trinajstić information content (AvgIpc) is 1.87. The van der Waals surface area contributed by atoms with Gasteiger partial charge in [-0.2, -0.15) is 0 Å². The molecule has 58 valence electrons. The van der Waals surface area contributed by atoms with Gasteiger partial charge in [0.25, 0.3) is 0 Å². The highest BCUT2D eigenvalue weighted by atomic mass is 127. The zero-order chi connectivity index (χ0) is 8.15. The van der Waals surface area contributed by atoms with Crippen LogP contribution in [-0.2, 0) is 0 Å². The third-order valence-corrected chi connectivity index (χ3v) is 2.47. The monoisotopic (exact) mass is 270 g/mol. The van der Waals surface area contributed by atoms with E-state index < -0.39 is 0 Å². The van der Waals surface area contributed by atoms with E-state index in [1.807, 2.05) is 6.92 Å². The van der Waals surface area contributed by atoms with Crippen molar-refractivity contribution >= 4 is 40.9 Å². The Balaban J connectivity index is 4.27. The lowest BCUT2D eigenvalue weighted by Gasteiger charge is -1.95. The van der Waals surface area contributed by atoms with Gasteiger partial charge in [0.2, 0.25) is 0 Å². The van der Waals surface area contributed by atoms with Crippen LogP contribution in [-0.4, -0.2) is 5.71 Å². The Kier molecular flexibility index (Phi) is 5.15. The average molecular weight is 270 g/mol. The number of halogens is 1. The van der Waals surface area contributed by atoms with Crippen molar-refractivity contribution in [3.8, 4) is 0 Å². The van der Waals surface area contributed by atoms with Crippen LogP contribution in [0.2, 0.25) is 0 Å². The van der Waals surface area contributed by atoms with E-state index in [-0.39, 0.29) is 0 Å². The van der Waals surface area contributed by atoms with Crippen molar-refractivity contribution < 1.29 is 0 Å². The van der Waals surface area contributed by atoms with Crippen LogP contribution in [0.25, 0.3) is 0 Å². The van der Waals surface area contributed by atoms with Gasteiger partial charge in [0.15, 0.2) is 0 Å². The lowest BCUT2D eigenvalue weighted by atomic mass is 10.3. The van der Waals surface area contributed by atoms with Gasteiger partial charge in [-0.3, -0.25) is 0 Å². The molecule has 0 rings (SSSR count). The van der Waals surface area contributed by atoms with Gasteiger partial charge in [0.1, 0.15) is 3.70 Å². The van der Waals surface area contributed by atoms with Gasteiger partial charge in [-0.15, -0.1) is 12.6 Å². The minimum atomic E-state index is 0.480. The molecule has 0 aliphatic rings. The molecule has 0 radical (unpaired) electrons. The second-order valence-corrected chi connectivity index (χ2v) is 3.38. The maximum atomic E-state index is 5.37. The second kappa shape index (κ2) is 5.01. The van der Waals surface area contributed by atoms with Crippen molar-refractivity contribution in [1.82, 2.24) is 0 Å². The predicted molar refractivity (Wildman–Crippen MR) is 57.6 cm³/mol. The highest BCUT2D eigenvalue weighted by molar-refractivity contribution is 14.1. The summed E-state index contributed by atoms with van der Waals surface area (Å²) >= 11 is 6.01. The lowest BCUT2D eigenvalue weighted by Crippen LogP contribution is -1.92.